The Morgan fingerprint density at radius 2 is 2.29 bits per heavy atom. The molecule has 0 spiro atoms. The highest BCUT2D eigenvalue weighted by Gasteiger charge is 1.88. The first-order valence-corrected chi connectivity index (χ1v) is 2.15. The molecule has 0 saturated carbocycles. The van der Waals surface area contributed by atoms with Crippen LogP contribution in [0.3, 0.4) is 0 Å². The van der Waals surface area contributed by atoms with Gasteiger partial charge in [0.05, 0.1) is 0 Å². The highest BCUT2D eigenvalue weighted by atomic mass is 35.5. The Morgan fingerprint density at radius 1 is 1.71 bits per heavy atom. The van der Waals surface area contributed by atoms with Crippen LogP contribution in [0.25, 0.3) is 0 Å². The van der Waals surface area contributed by atoms with E-state index in [0.29, 0.717) is 0 Å². The molecule has 0 aliphatic heterocycles. The summed E-state index contributed by atoms with van der Waals surface area (Å²) in [6, 6.07) is 0. The molecule has 0 N–H and O–H groups in total. The maximum atomic E-state index is 9.89. The van der Waals surface area contributed by atoms with Gasteiger partial charge in [0.1, 0.15) is 11.9 Å². The van der Waals surface area contributed by atoms with Gasteiger partial charge in [0.15, 0.2) is 0 Å². The molecule has 0 bridgehead atoms. The van der Waals surface area contributed by atoms with Gasteiger partial charge in [0, 0.05) is 11.6 Å². The van der Waals surface area contributed by atoms with Gasteiger partial charge in [-0.05, 0) is 0 Å². The normalized spacial score (nSPS) is 9.43. The molecule has 0 aromatic heterocycles. The lowest BCUT2D eigenvalue weighted by Gasteiger charge is -1.78. The van der Waals surface area contributed by atoms with Crippen molar-refractivity contribution in [2.45, 2.75) is 0 Å². The lowest BCUT2D eigenvalue weighted by atomic mass is 10.7. The van der Waals surface area contributed by atoms with E-state index in [9.17, 15) is 4.79 Å². The van der Waals surface area contributed by atoms with Gasteiger partial charge in [0.2, 0.25) is 0 Å². The van der Waals surface area contributed by atoms with Crippen molar-refractivity contribution in [1.29, 1.82) is 0 Å². The number of hydrogen-bond acceptors (Lipinski definition) is 2. The van der Waals surface area contributed by atoms with E-state index >= 15 is 0 Å². The standard InChI is InChI=1S/C3H2Cl2O2/c4-2-1-3(6)7-5/h1-2H. The van der Waals surface area contributed by atoms with Gasteiger partial charge in [-0.1, -0.05) is 11.6 Å². The topological polar surface area (TPSA) is 26.3 Å². The van der Waals surface area contributed by atoms with Crippen LogP contribution in [0, 0.1) is 0 Å². The van der Waals surface area contributed by atoms with E-state index in [4.69, 9.17) is 11.6 Å². The number of rotatable bonds is 1. The number of halogens is 2. The van der Waals surface area contributed by atoms with Crippen molar-refractivity contribution in [3.05, 3.63) is 11.6 Å². The van der Waals surface area contributed by atoms with E-state index < -0.39 is 5.97 Å². The zero-order chi connectivity index (χ0) is 5.70. The smallest absolute Gasteiger partial charge is 0.344 e. The van der Waals surface area contributed by atoms with Crippen LogP contribution in [-0.4, -0.2) is 5.97 Å². The zero-order valence-electron chi connectivity index (χ0n) is 3.23. The van der Waals surface area contributed by atoms with E-state index in [2.05, 4.69) is 16.2 Å². The van der Waals surface area contributed by atoms with Crippen molar-refractivity contribution >= 4 is 29.4 Å². The fraction of sp³-hybridized carbons (Fsp3) is 0. The molecule has 0 amide bonds. The first-order valence-electron chi connectivity index (χ1n) is 1.40. The van der Waals surface area contributed by atoms with E-state index in [-0.39, 0.29) is 0 Å². The number of hydrogen-bond donors (Lipinski definition) is 0. The molecule has 4 heteroatoms. The van der Waals surface area contributed by atoms with Crippen molar-refractivity contribution < 1.29 is 9.08 Å². The van der Waals surface area contributed by atoms with E-state index in [1.807, 2.05) is 0 Å². The van der Waals surface area contributed by atoms with Crippen LogP contribution in [-0.2, 0) is 9.08 Å². The molecular weight excluding hydrogens is 139 g/mol. The fourth-order valence-corrected chi connectivity index (χ4v) is 0.231. The molecule has 0 aromatic rings. The molecular formula is C3H2Cl2O2. The maximum Gasteiger partial charge on any atom is 0.349 e. The van der Waals surface area contributed by atoms with Crippen molar-refractivity contribution in [2.75, 3.05) is 0 Å². The summed E-state index contributed by atoms with van der Waals surface area (Å²) in [5, 5.41) is 0. The second-order valence-corrected chi connectivity index (χ2v) is 1.10. The molecule has 0 radical (unpaired) electrons. The molecule has 0 aliphatic carbocycles. The van der Waals surface area contributed by atoms with E-state index in [1.165, 1.54) is 0 Å². The van der Waals surface area contributed by atoms with Gasteiger partial charge < -0.3 is 4.29 Å². The Hall–Kier alpha value is -0.210. The van der Waals surface area contributed by atoms with Gasteiger partial charge in [0.25, 0.3) is 0 Å². The SMILES string of the molecule is O=C(C=CCl)OCl. The average molecular weight is 141 g/mol. The quantitative estimate of drug-likeness (QED) is 0.516. The Morgan fingerprint density at radius 3 is 2.43 bits per heavy atom. The Bertz CT molecular complexity index is 88.9. The van der Waals surface area contributed by atoms with Gasteiger partial charge in [-0.15, -0.1) is 0 Å². The third-order valence-electron chi connectivity index (χ3n) is 0.275. The minimum Gasteiger partial charge on any atom is -0.344 e. The van der Waals surface area contributed by atoms with E-state index in [0.717, 1.165) is 11.6 Å². The minimum absolute atomic E-state index is 0.670. The lowest BCUT2D eigenvalue weighted by molar-refractivity contribution is -0.128. The maximum absolute atomic E-state index is 9.89. The molecule has 40 valence electrons. The van der Waals surface area contributed by atoms with Gasteiger partial charge in [-0.3, -0.25) is 0 Å². The minimum atomic E-state index is -0.670. The average Bonchev–Trinajstić information content (AvgIpc) is 1.68. The summed E-state index contributed by atoms with van der Waals surface area (Å²) >= 11 is 9.51. The van der Waals surface area contributed by atoms with Gasteiger partial charge in [-0.2, -0.15) is 0 Å². The monoisotopic (exact) mass is 140 g/mol. The molecule has 0 heterocycles. The Balaban J connectivity index is 3.37. The second-order valence-electron chi connectivity index (χ2n) is 0.689. The van der Waals surface area contributed by atoms with Crippen LogP contribution < -0.4 is 0 Å². The molecule has 0 aliphatic rings. The molecule has 0 aromatic carbocycles. The molecule has 0 fully saturated rings. The number of carbonyl (C=O) groups is 1. The predicted octanol–water partition coefficient (Wildman–Crippen LogP) is 1.44. The molecule has 0 saturated heterocycles. The summed E-state index contributed by atoms with van der Waals surface area (Å²) in [4.78, 5) is 9.89. The largest absolute Gasteiger partial charge is 0.349 e. The molecule has 2 nitrogen and oxygen atoms in total. The van der Waals surface area contributed by atoms with Gasteiger partial charge >= 0.3 is 5.97 Å². The third-order valence-corrected chi connectivity index (χ3v) is 0.553. The van der Waals surface area contributed by atoms with Crippen molar-refractivity contribution in [3.63, 3.8) is 0 Å². The first-order chi connectivity index (χ1) is 3.31. The van der Waals surface area contributed by atoms with Crippen molar-refractivity contribution in [3.8, 4) is 0 Å². The predicted molar refractivity (Wildman–Crippen MR) is 26.9 cm³/mol. The van der Waals surface area contributed by atoms with Crippen LogP contribution in [0.15, 0.2) is 11.6 Å². The Kier molecular flexibility index (Phi) is 3.84. The molecule has 0 atom stereocenters. The number of carbonyl (C=O) groups excluding carboxylic acids is 1. The Labute approximate surface area is 50.8 Å². The summed E-state index contributed by atoms with van der Waals surface area (Å²) in [5.74, 6) is -0.670. The van der Waals surface area contributed by atoms with Crippen LogP contribution in [0.4, 0.5) is 0 Å². The first kappa shape index (κ1) is 6.79. The van der Waals surface area contributed by atoms with Crippen LogP contribution in [0.5, 0.6) is 0 Å². The summed E-state index contributed by atoms with van der Waals surface area (Å²) in [5.41, 5.74) is 1.02. The van der Waals surface area contributed by atoms with Crippen LogP contribution in [0.2, 0.25) is 0 Å². The van der Waals surface area contributed by atoms with Gasteiger partial charge in [-0.25, -0.2) is 4.79 Å². The van der Waals surface area contributed by atoms with Crippen molar-refractivity contribution in [1.82, 2.24) is 0 Å². The summed E-state index contributed by atoms with van der Waals surface area (Å²) < 4.78 is 3.65. The lowest BCUT2D eigenvalue weighted by Crippen LogP contribution is -1.86. The summed E-state index contributed by atoms with van der Waals surface area (Å²) in [6.45, 7) is 0. The van der Waals surface area contributed by atoms with Crippen LogP contribution >= 0.6 is 23.5 Å². The highest BCUT2D eigenvalue weighted by molar-refractivity contribution is 6.27. The third kappa shape index (κ3) is 3.62. The van der Waals surface area contributed by atoms with Crippen LogP contribution in [0.1, 0.15) is 0 Å². The van der Waals surface area contributed by atoms with E-state index in [1.54, 1.807) is 0 Å². The molecule has 7 heavy (non-hydrogen) atoms. The summed E-state index contributed by atoms with van der Waals surface area (Å²) in [6.07, 6.45) is 0.995. The molecule has 0 rings (SSSR count). The highest BCUT2D eigenvalue weighted by Crippen LogP contribution is 1.85. The second kappa shape index (κ2) is 3.96. The van der Waals surface area contributed by atoms with Crippen molar-refractivity contribution in [2.24, 2.45) is 0 Å². The molecule has 0 unspecified atom stereocenters. The fourth-order valence-electron chi connectivity index (χ4n) is 0.0772. The zero-order valence-corrected chi connectivity index (χ0v) is 4.74. The summed E-state index contributed by atoms with van der Waals surface area (Å²) in [7, 11) is 0.